The average molecular weight is 418 g/mol. The Hall–Kier alpha value is -3.25. The van der Waals surface area contributed by atoms with Crippen molar-refractivity contribution in [3.05, 3.63) is 88.0 Å². The summed E-state index contributed by atoms with van der Waals surface area (Å²) in [6.45, 7) is 4.58. The van der Waals surface area contributed by atoms with Gasteiger partial charge in [-0.05, 0) is 36.6 Å². The Morgan fingerprint density at radius 3 is 2.60 bits per heavy atom. The quantitative estimate of drug-likeness (QED) is 0.484. The normalized spacial score (nSPS) is 11.0. The summed E-state index contributed by atoms with van der Waals surface area (Å²) < 4.78 is 1.97. The minimum Gasteiger partial charge on any atom is -0.340 e. The Labute approximate surface area is 179 Å². The maximum Gasteiger partial charge on any atom is 0.271 e. The second-order valence-electron chi connectivity index (χ2n) is 7.55. The van der Waals surface area contributed by atoms with Crippen LogP contribution in [0.3, 0.4) is 0 Å². The molecule has 6 heteroatoms. The first kappa shape index (κ1) is 20.0. The van der Waals surface area contributed by atoms with Gasteiger partial charge >= 0.3 is 0 Å². The molecule has 4 rings (SSSR count). The van der Waals surface area contributed by atoms with Gasteiger partial charge in [0.1, 0.15) is 11.2 Å². The molecule has 0 unspecified atom stereocenters. The van der Waals surface area contributed by atoms with Crippen LogP contribution in [0.2, 0.25) is 0 Å². The van der Waals surface area contributed by atoms with E-state index < -0.39 is 0 Å². The number of hydrogen-bond acceptors (Lipinski definition) is 4. The van der Waals surface area contributed by atoms with Crippen LogP contribution in [0.5, 0.6) is 0 Å². The van der Waals surface area contributed by atoms with Crippen LogP contribution in [0.15, 0.2) is 65.7 Å². The molecule has 0 radical (unpaired) electrons. The number of aromatic nitrogens is 2. The molecule has 2 heterocycles. The van der Waals surface area contributed by atoms with Crippen LogP contribution in [0.1, 0.15) is 16.7 Å². The van der Waals surface area contributed by atoms with Crippen LogP contribution < -0.4 is 5.56 Å². The second-order valence-corrected chi connectivity index (χ2v) is 8.60. The van der Waals surface area contributed by atoms with Crippen molar-refractivity contribution < 1.29 is 4.79 Å². The molecular formula is C24H23N3O2S. The molecule has 0 spiro atoms. The van der Waals surface area contributed by atoms with E-state index in [9.17, 15) is 9.59 Å². The summed E-state index contributed by atoms with van der Waals surface area (Å²) >= 11 is 1.41. The highest BCUT2D eigenvalue weighted by Crippen LogP contribution is 2.30. The van der Waals surface area contributed by atoms with Crippen molar-refractivity contribution in [1.82, 2.24) is 14.5 Å². The predicted octanol–water partition coefficient (Wildman–Crippen LogP) is 4.40. The lowest BCUT2D eigenvalue weighted by Gasteiger charge is -2.19. The Bertz CT molecular complexity index is 1270. The van der Waals surface area contributed by atoms with Crippen molar-refractivity contribution in [3.8, 4) is 10.4 Å². The van der Waals surface area contributed by atoms with Crippen LogP contribution in [0.25, 0.3) is 20.7 Å². The van der Waals surface area contributed by atoms with E-state index in [0.717, 1.165) is 21.6 Å². The molecule has 2 aromatic carbocycles. The first-order chi connectivity index (χ1) is 14.4. The van der Waals surface area contributed by atoms with E-state index in [4.69, 9.17) is 0 Å². The highest BCUT2D eigenvalue weighted by Gasteiger charge is 2.15. The number of aryl methyl sites for hydroxylation is 2. The number of carbonyl (C=O) groups is 1. The van der Waals surface area contributed by atoms with Crippen molar-refractivity contribution in [1.29, 1.82) is 0 Å². The van der Waals surface area contributed by atoms with E-state index in [1.165, 1.54) is 27.8 Å². The third-order valence-electron chi connectivity index (χ3n) is 5.20. The molecule has 0 aliphatic heterocycles. The monoisotopic (exact) mass is 417 g/mol. The summed E-state index contributed by atoms with van der Waals surface area (Å²) in [6, 6.07) is 18.0. The molecule has 2 aromatic heterocycles. The second kappa shape index (κ2) is 8.24. The van der Waals surface area contributed by atoms with E-state index >= 15 is 0 Å². The molecule has 0 saturated carbocycles. The molecule has 0 aliphatic rings. The number of amides is 1. The number of rotatable bonds is 5. The standard InChI is InChI=1S/C24H23N3O2S/c1-16-9-10-19(17(2)11-16)13-26(3)22(28)14-27-15-25-20-12-21(30-23(20)24(27)29)18-7-5-4-6-8-18/h4-12,15H,13-14H2,1-3H3. The number of thiophene rings is 1. The molecule has 5 nitrogen and oxygen atoms in total. The lowest BCUT2D eigenvalue weighted by molar-refractivity contribution is -0.131. The molecule has 4 aromatic rings. The smallest absolute Gasteiger partial charge is 0.271 e. The Kier molecular flexibility index (Phi) is 5.50. The van der Waals surface area contributed by atoms with Crippen molar-refractivity contribution in [2.45, 2.75) is 26.9 Å². The zero-order valence-corrected chi connectivity index (χ0v) is 18.1. The van der Waals surface area contributed by atoms with Gasteiger partial charge in [-0.3, -0.25) is 14.2 Å². The first-order valence-corrected chi connectivity index (χ1v) is 10.6. The fraction of sp³-hybridized carbons (Fsp3) is 0.208. The van der Waals surface area contributed by atoms with Crippen molar-refractivity contribution in [2.24, 2.45) is 0 Å². The predicted molar refractivity (Wildman–Crippen MR) is 122 cm³/mol. The van der Waals surface area contributed by atoms with E-state index in [1.54, 1.807) is 11.9 Å². The van der Waals surface area contributed by atoms with E-state index in [1.807, 2.05) is 55.5 Å². The summed E-state index contributed by atoms with van der Waals surface area (Å²) in [5.74, 6) is -0.127. The fourth-order valence-electron chi connectivity index (χ4n) is 3.44. The van der Waals surface area contributed by atoms with Gasteiger partial charge < -0.3 is 4.90 Å². The molecule has 0 saturated heterocycles. The van der Waals surface area contributed by atoms with Gasteiger partial charge in [-0.15, -0.1) is 11.3 Å². The van der Waals surface area contributed by atoms with Gasteiger partial charge in [0, 0.05) is 18.5 Å². The molecule has 0 aliphatic carbocycles. The van der Waals surface area contributed by atoms with Crippen molar-refractivity contribution in [3.63, 3.8) is 0 Å². The Morgan fingerprint density at radius 2 is 1.87 bits per heavy atom. The molecule has 152 valence electrons. The number of likely N-dealkylation sites (N-methyl/N-ethyl adjacent to an activating group) is 1. The lowest BCUT2D eigenvalue weighted by Crippen LogP contribution is -2.33. The number of nitrogens with zero attached hydrogens (tertiary/aromatic N) is 3. The van der Waals surface area contributed by atoms with Gasteiger partial charge in [0.15, 0.2) is 0 Å². The fourth-order valence-corrected chi connectivity index (χ4v) is 4.50. The van der Waals surface area contributed by atoms with E-state index in [0.29, 0.717) is 16.8 Å². The van der Waals surface area contributed by atoms with Crippen molar-refractivity contribution in [2.75, 3.05) is 7.05 Å². The molecule has 0 fully saturated rings. The van der Waals surface area contributed by atoms with Gasteiger partial charge in [0.2, 0.25) is 5.91 Å². The zero-order valence-electron chi connectivity index (χ0n) is 17.3. The SMILES string of the molecule is Cc1ccc(CN(C)C(=O)Cn2cnc3cc(-c4ccccc4)sc3c2=O)c(C)c1. The average Bonchev–Trinajstić information content (AvgIpc) is 3.18. The van der Waals surface area contributed by atoms with Gasteiger partial charge in [-0.2, -0.15) is 0 Å². The zero-order chi connectivity index (χ0) is 21.3. The highest BCUT2D eigenvalue weighted by molar-refractivity contribution is 7.22. The summed E-state index contributed by atoms with van der Waals surface area (Å²) in [5.41, 5.74) is 4.99. The largest absolute Gasteiger partial charge is 0.340 e. The topological polar surface area (TPSA) is 55.2 Å². The summed E-state index contributed by atoms with van der Waals surface area (Å²) in [6.07, 6.45) is 1.47. The van der Waals surface area contributed by atoms with Crippen LogP contribution in [0.4, 0.5) is 0 Å². The third-order valence-corrected chi connectivity index (χ3v) is 6.36. The summed E-state index contributed by atoms with van der Waals surface area (Å²) in [4.78, 5) is 32.7. The van der Waals surface area contributed by atoms with E-state index in [-0.39, 0.29) is 18.0 Å². The molecule has 0 N–H and O–H groups in total. The number of fused-ring (bicyclic) bond motifs is 1. The third kappa shape index (κ3) is 4.04. The van der Waals surface area contributed by atoms with Gasteiger partial charge in [0.05, 0.1) is 11.8 Å². The molecule has 1 amide bonds. The first-order valence-electron chi connectivity index (χ1n) is 9.77. The van der Waals surface area contributed by atoms with Crippen LogP contribution in [0, 0.1) is 13.8 Å². The van der Waals surface area contributed by atoms with Gasteiger partial charge in [-0.25, -0.2) is 4.98 Å². The summed E-state index contributed by atoms with van der Waals surface area (Å²) in [5, 5.41) is 0. The molecular weight excluding hydrogens is 394 g/mol. The lowest BCUT2D eigenvalue weighted by atomic mass is 10.1. The van der Waals surface area contributed by atoms with Gasteiger partial charge in [-0.1, -0.05) is 54.1 Å². The Morgan fingerprint density at radius 1 is 1.10 bits per heavy atom. The molecule has 0 atom stereocenters. The minimum absolute atomic E-state index is 0.0260. The highest BCUT2D eigenvalue weighted by atomic mass is 32.1. The summed E-state index contributed by atoms with van der Waals surface area (Å²) in [7, 11) is 1.76. The van der Waals surface area contributed by atoms with Crippen LogP contribution in [-0.2, 0) is 17.9 Å². The van der Waals surface area contributed by atoms with E-state index in [2.05, 4.69) is 18.0 Å². The molecule has 0 bridgehead atoms. The number of hydrogen-bond donors (Lipinski definition) is 0. The maximum absolute atomic E-state index is 12.9. The van der Waals surface area contributed by atoms with Crippen LogP contribution in [-0.4, -0.2) is 27.4 Å². The Balaban J connectivity index is 1.55. The van der Waals surface area contributed by atoms with Crippen LogP contribution >= 0.6 is 11.3 Å². The number of benzene rings is 2. The number of carbonyl (C=O) groups excluding carboxylic acids is 1. The van der Waals surface area contributed by atoms with Gasteiger partial charge in [0.25, 0.3) is 5.56 Å². The van der Waals surface area contributed by atoms with Crippen molar-refractivity contribution >= 4 is 27.5 Å². The molecule has 30 heavy (non-hydrogen) atoms. The maximum atomic E-state index is 12.9. The minimum atomic E-state index is -0.180.